The molecule has 110 valence electrons. The molecule has 0 aliphatic carbocycles. The normalized spacial score (nSPS) is 23.6. The van der Waals surface area contributed by atoms with E-state index >= 15 is 0 Å². The molecule has 1 N–H and O–H groups in total. The van der Waals surface area contributed by atoms with Crippen molar-refractivity contribution < 1.29 is 0 Å². The van der Waals surface area contributed by atoms with Crippen LogP contribution in [0.25, 0.3) is 0 Å². The summed E-state index contributed by atoms with van der Waals surface area (Å²) in [5.41, 5.74) is 2.81. The van der Waals surface area contributed by atoms with E-state index in [2.05, 4.69) is 36.2 Å². The second kappa shape index (κ2) is 6.13. The molecule has 1 unspecified atom stereocenters. The number of hydrogen-bond acceptors (Lipinski definition) is 3. The first-order valence-corrected chi connectivity index (χ1v) is 8.21. The first kappa shape index (κ1) is 13.9. The van der Waals surface area contributed by atoms with Gasteiger partial charge in [-0.2, -0.15) is 0 Å². The average Bonchev–Trinajstić information content (AvgIpc) is 2.69. The Kier molecular flexibility index (Phi) is 4.25. The number of nitrogens with zero attached hydrogens (tertiary/aromatic N) is 2. The third-order valence-corrected chi connectivity index (χ3v) is 4.77. The van der Waals surface area contributed by atoms with E-state index in [9.17, 15) is 0 Å². The van der Waals surface area contributed by atoms with Crippen molar-refractivity contribution in [2.75, 3.05) is 31.1 Å². The summed E-state index contributed by atoms with van der Waals surface area (Å²) in [4.78, 5) is 7.56. The fourth-order valence-corrected chi connectivity index (χ4v) is 3.45. The summed E-state index contributed by atoms with van der Waals surface area (Å²) in [6.07, 6.45) is 5.12. The molecule has 0 radical (unpaired) electrons. The Hall–Kier alpha value is -1.09. The van der Waals surface area contributed by atoms with Gasteiger partial charge in [0.15, 0.2) is 0 Å². The lowest BCUT2D eigenvalue weighted by Gasteiger charge is -2.29. The minimum Gasteiger partial charge on any atom is -0.357 e. The first-order chi connectivity index (χ1) is 9.75. The van der Waals surface area contributed by atoms with Crippen LogP contribution < -0.4 is 10.2 Å². The van der Waals surface area contributed by atoms with Crippen LogP contribution in [0.1, 0.15) is 50.3 Å². The van der Waals surface area contributed by atoms with Crippen molar-refractivity contribution in [3.05, 3.63) is 23.4 Å². The Morgan fingerprint density at radius 2 is 2.00 bits per heavy atom. The zero-order valence-electron chi connectivity index (χ0n) is 12.9. The zero-order chi connectivity index (χ0) is 13.9. The molecule has 20 heavy (non-hydrogen) atoms. The number of piperidine rings is 1. The molecule has 2 aliphatic heterocycles. The van der Waals surface area contributed by atoms with Crippen molar-refractivity contribution in [1.82, 2.24) is 10.3 Å². The lowest BCUT2D eigenvalue weighted by atomic mass is 9.89. The first-order valence-electron chi connectivity index (χ1n) is 8.21. The highest BCUT2D eigenvalue weighted by Crippen LogP contribution is 2.30. The van der Waals surface area contributed by atoms with Crippen LogP contribution in [-0.2, 0) is 6.42 Å². The molecule has 2 aliphatic rings. The molecule has 3 nitrogen and oxygen atoms in total. The number of fused-ring (bicyclic) bond motifs is 1. The van der Waals surface area contributed by atoms with Gasteiger partial charge in [-0.15, -0.1) is 0 Å². The molecule has 0 bridgehead atoms. The minimum atomic E-state index is 0.553. The molecular weight excluding hydrogens is 246 g/mol. The number of rotatable bonds is 2. The van der Waals surface area contributed by atoms with E-state index in [1.54, 1.807) is 0 Å². The molecule has 1 aromatic heterocycles. The fraction of sp³-hybridized carbons (Fsp3) is 0.706. The molecule has 0 aromatic carbocycles. The monoisotopic (exact) mass is 273 g/mol. The highest BCUT2D eigenvalue weighted by Gasteiger charge is 2.24. The second-order valence-electron chi connectivity index (χ2n) is 6.57. The molecule has 1 fully saturated rings. The highest BCUT2D eigenvalue weighted by molar-refractivity contribution is 5.43. The third-order valence-electron chi connectivity index (χ3n) is 4.77. The largest absolute Gasteiger partial charge is 0.357 e. The third kappa shape index (κ3) is 2.83. The van der Waals surface area contributed by atoms with E-state index in [1.165, 1.54) is 49.4 Å². The molecule has 3 rings (SSSR count). The van der Waals surface area contributed by atoms with Gasteiger partial charge in [-0.05, 0) is 49.8 Å². The van der Waals surface area contributed by atoms with Crippen molar-refractivity contribution in [3.8, 4) is 0 Å². The Morgan fingerprint density at radius 1 is 1.20 bits per heavy atom. The summed E-state index contributed by atoms with van der Waals surface area (Å²) in [6.45, 7) is 9.14. The summed E-state index contributed by atoms with van der Waals surface area (Å²) in [6, 6.07) is 4.57. The highest BCUT2D eigenvalue weighted by atomic mass is 15.2. The van der Waals surface area contributed by atoms with Gasteiger partial charge < -0.3 is 10.2 Å². The van der Waals surface area contributed by atoms with Crippen molar-refractivity contribution in [2.45, 2.75) is 45.4 Å². The molecule has 1 aromatic rings. The van der Waals surface area contributed by atoms with Gasteiger partial charge in [0.2, 0.25) is 0 Å². The van der Waals surface area contributed by atoms with Crippen LogP contribution >= 0.6 is 0 Å². The SMILES string of the molecule is CC(C)C1CNCCc2ccc(N3CCCCC3)nc21. The molecule has 1 saturated heterocycles. The van der Waals surface area contributed by atoms with Gasteiger partial charge in [0.05, 0.1) is 5.69 Å². The van der Waals surface area contributed by atoms with Gasteiger partial charge in [0.1, 0.15) is 5.82 Å². The molecular formula is C17H27N3. The van der Waals surface area contributed by atoms with E-state index in [0.717, 1.165) is 19.5 Å². The zero-order valence-corrected chi connectivity index (χ0v) is 12.9. The molecule has 0 saturated carbocycles. The molecule has 0 amide bonds. The van der Waals surface area contributed by atoms with E-state index < -0.39 is 0 Å². The van der Waals surface area contributed by atoms with E-state index in [4.69, 9.17) is 4.98 Å². The van der Waals surface area contributed by atoms with Gasteiger partial charge in [0.25, 0.3) is 0 Å². The fourth-order valence-electron chi connectivity index (χ4n) is 3.45. The van der Waals surface area contributed by atoms with E-state index in [-0.39, 0.29) is 0 Å². The Morgan fingerprint density at radius 3 is 2.75 bits per heavy atom. The van der Waals surface area contributed by atoms with Crippen molar-refractivity contribution in [3.63, 3.8) is 0 Å². The smallest absolute Gasteiger partial charge is 0.128 e. The summed E-state index contributed by atoms with van der Waals surface area (Å²) in [5.74, 6) is 2.40. The maximum absolute atomic E-state index is 5.09. The number of nitrogens with one attached hydrogen (secondary N) is 1. The van der Waals surface area contributed by atoms with Crippen LogP contribution in [0.3, 0.4) is 0 Å². The second-order valence-corrected chi connectivity index (χ2v) is 6.57. The lowest BCUT2D eigenvalue weighted by molar-refractivity contribution is 0.466. The lowest BCUT2D eigenvalue weighted by Crippen LogP contribution is -2.31. The maximum Gasteiger partial charge on any atom is 0.128 e. The molecule has 3 heterocycles. The standard InChI is InChI=1S/C17H27N3/c1-13(2)15-12-18-9-8-14-6-7-16(19-17(14)15)20-10-4-3-5-11-20/h6-7,13,15,18H,3-5,8-12H2,1-2H3. The Balaban J connectivity index is 1.91. The van der Waals surface area contributed by atoms with Gasteiger partial charge in [-0.1, -0.05) is 19.9 Å². The van der Waals surface area contributed by atoms with Crippen LogP contribution in [0, 0.1) is 5.92 Å². The van der Waals surface area contributed by atoms with Crippen LogP contribution in [0.15, 0.2) is 12.1 Å². The number of hydrogen-bond donors (Lipinski definition) is 1. The average molecular weight is 273 g/mol. The van der Waals surface area contributed by atoms with Crippen LogP contribution in [-0.4, -0.2) is 31.2 Å². The van der Waals surface area contributed by atoms with Gasteiger partial charge >= 0.3 is 0 Å². The minimum absolute atomic E-state index is 0.553. The Bertz CT molecular complexity index is 450. The van der Waals surface area contributed by atoms with E-state index in [0.29, 0.717) is 11.8 Å². The van der Waals surface area contributed by atoms with Crippen molar-refractivity contribution >= 4 is 5.82 Å². The predicted octanol–water partition coefficient (Wildman–Crippen LogP) is 2.96. The molecule has 0 spiro atoms. The van der Waals surface area contributed by atoms with Crippen molar-refractivity contribution in [2.24, 2.45) is 5.92 Å². The van der Waals surface area contributed by atoms with Crippen molar-refractivity contribution in [1.29, 1.82) is 0 Å². The van der Waals surface area contributed by atoms with Crippen LogP contribution in [0.2, 0.25) is 0 Å². The molecule has 1 atom stereocenters. The Labute approximate surface area is 122 Å². The predicted molar refractivity (Wildman–Crippen MR) is 84.5 cm³/mol. The van der Waals surface area contributed by atoms with Crippen LogP contribution in [0.4, 0.5) is 5.82 Å². The van der Waals surface area contributed by atoms with Gasteiger partial charge in [-0.3, -0.25) is 0 Å². The summed E-state index contributed by atoms with van der Waals surface area (Å²) < 4.78 is 0. The number of anilines is 1. The number of pyridine rings is 1. The molecule has 3 heteroatoms. The van der Waals surface area contributed by atoms with Gasteiger partial charge in [0, 0.05) is 25.6 Å². The van der Waals surface area contributed by atoms with Gasteiger partial charge in [-0.25, -0.2) is 4.98 Å². The summed E-state index contributed by atoms with van der Waals surface area (Å²) in [7, 11) is 0. The number of aromatic nitrogens is 1. The maximum atomic E-state index is 5.09. The quantitative estimate of drug-likeness (QED) is 0.898. The van der Waals surface area contributed by atoms with Crippen LogP contribution in [0.5, 0.6) is 0 Å². The topological polar surface area (TPSA) is 28.2 Å². The summed E-state index contributed by atoms with van der Waals surface area (Å²) >= 11 is 0. The van der Waals surface area contributed by atoms with E-state index in [1.807, 2.05) is 0 Å². The summed E-state index contributed by atoms with van der Waals surface area (Å²) in [5, 5.41) is 3.57.